The monoisotopic (exact) mass is 353 g/mol. The van der Waals surface area contributed by atoms with Crippen molar-refractivity contribution in [1.29, 1.82) is 0 Å². The molecule has 0 spiro atoms. The van der Waals surface area contributed by atoms with E-state index in [2.05, 4.69) is 10.3 Å². The van der Waals surface area contributed by atoms with Crippen LogP contribution in [0.2, 0.25) is 0 Å². The number of hydrogen-bond acceptors (Lipinski definition) is 3. The third kappa shape index (κ3) is 3.32. The van der Waals surface area contributed by atoms with Gasteiger partial charge in [0.15, 0.2) is 0 Å². The molecule has 1 amide bonds. The van der Waals surface area contributed by atoms with E-state index in [0.717, 1.165) is 28.5 Å². The van der Waals surface area contributed by atoms with Crippen LogP contribution in [0, 0.1) is 5.82 Å². The van der Waals surface area contributed by atoms with E-state index in [1.54, 1.807) is 12.1 Å². The van der Waals surface area contributed by atoms with Crippen molar-refractivity contribution in [3.63, 3.8) is 0 Å². The van der Waals surface area contributed by atoms with Crippen LogP contribution in [0.4, 0.5) is 10.1 Å². The van der Waals surface area contributed by atoms with Crippen molar-refractivity contribution in [2.75, 3.05) is 5.32 Å². The second-order valence-electron chi connectivity index (χ2n) is 5.59. The van der Waals surface area contributed by atoms with Crippen LogP contribution in [0.15, 0.2) is 64.3 Å². The molecule has 0 radical (unpaired) electrons. The van der Waals surface area contributed by atoms with Crippen LogP contribution in [0.1, 0.15) is 22.8 Å². The van der Waals surface area contributed by atoms with E-state index in [9.17, 15) is 18.8 Å². The Hall–Kier alpha value is -3.48. The van der Waals surface area contributed by atoms with Crippen molar-refractivity contribution < 1.29 is 9.18 Å². The zero-order chi connectivity index (χ0) is 18.7. The Morgan fingerprint density at radius 1 is 1.12 bits per heavy atom. The predicted molar refractivity (Wildman–Crippen MR) is 96.4 cm³/mol. The lowest BCUT2D eigenvalue weighted by Gasteiger charge is -2.10. The SMILES string of the molecule is CCc1ccccc1NC(=O)c1c[nH]c(=O)n(-c2ccc(F)cc2)c1=O. The van der Waals surface area contributed by atoms with Gasteiger partial charge >= 0.3 is 5.69 Å². The van der Waals surface area contributed by atoms with Gasteiger partial charge in [-0.2, -0.15) is 0 Å². The quantitative estimate of drug-likeness (QED) is 0.756. The minimum atomic E-state index is -0.785. The number of aromatic nitrogens is 2. The number of nitrogens with zero attached hydrogens (tertiary/aromatic N) is 1. The van der Waals surface area contributed by atoms with Gasteiger partial charge in [-0.15, -0.1) is 0 Å². The Morgan fingerprint density at radius 2 is 1.81 bits per heavy atom. The molecule has 3 rings (SSSR count). The van der Waals surface area contributed by atoms with E-state index in [1.165, 1.54) is 12.1 Å². The number of amides is 1. The first-order valence-corrected chi connectivity index (χ1v) is 8.01. The van der Waals surface area contributed by atoms with E-state index in [1.807, 2.05) is 19.1 Å². The van der Waals surface area contributed by atoms with E-state index in [0.29, 0.717) is 12.1 Å². The molecule has 2 N–H and O–H groups in total. The van der Waals surface area contributed by atoms with Gasteiger partial charge in [0, 0.05) is 11.9 Å². The molecule has 132 valence electrons. The summed E-state index contributed by atoms with van der Waals surface area (Å²) in [6, 6.07) is 12.1. The number of para-hydroxylation sites is 1. The lowest BCUT2D eigenvalue weighted by atomic mass is 10.1. The van der Waals surface area contributed by atoms with Gasteiger partial charge in [0.05, 0.1) is 5.69 Å². The highest BCUT2D eigenvalue weighted by Crippen LogP contribution is 2.16. The molecule has 1 heterocycles. The molecule has 0 aliphatic heterocycles. The van der Waals surface area contributed by atoms with E-state index < -0.39 is 23.0 Å². The molecule has 0 fully saturated rings. The van der Waals surface area contributed by atoms with Gasteiger partial charge in [-0.1, -0.05) is 25.1 Å². The van der Waals surface area contributed by atoms with Gasteiger partial charge in [-0.3, -0.25) is 9.59 Å². The van der Waals surface area contributed by atoms with Crippen LogP contribution >= 0.6 is 0 Å². The molecule has 26 heavy (non-hydrogen) atoms. The number of aromatic amines is 1. The van der Waals surface area contributed by atoms with Crippen molar-refractivity contribution in [2.45, 2.75) is 13.3 Å². The van der Waals surface area contributed by atoms with Gasteiger partial charge < -0.3 is 10.3 Å². The van der Waals surface area contributed by atoms with Gasteiger partial charge in [0.1, 0.15) is 11.4 Å². The molecule has 0 aliphatic carbocycles. The normalized spacial score (nSPS) is 10.5. The molecule has 7 heteroatoms. The van der Waals surface area contributed by atoms with Gasteiger partial charge in [0.25, 0.3) is 11.5 Å². The van der Waals surface area contributed by atoms with Crippen LogP contribution in [-0.4, -0.2) is 15.5 Å². The molecule has 3 aromatic rings. The summed E-state index contributed by atoms with van der Waals surface area (Å²) in [5, 5.41) is 2.69. The molecule has 0 aliphatic rings. The first kappa shape index (κ1) is 17.3. The Balaban J connectivity index is 2.02. The minimum absolute atomic E-state index is 0.168. The fourth-order valence-corrected chi connectivity index (χ4v) is 2.60. The first-order chi connectivity index (χ1) is 12.5. The third-order valence-corrected chi connectivity index (χ3v) is 3.95. The maximum Gasteiger partial charge on any atom is 0.333 e. The molecule has 0 atom stereocenters. The summed E-state index contributed by atoms with van der Waals surface area (Å²) in [5.41, 5.74) is -0.0388. The molecule has 0 bridgehead atoms. The topological polar surface area (TPSA) is 84.0 Å². The van der Waals surface area contributed by atoms with E-state index in [-0.39, 0.29) is 11.3 Å². The zero-order valence-corrected chi connectivity index (χ0v) is 14.0. The van der Waals surface area contributed by atoms with Crippen molar-refractivity contribution in [3.05, 3.63) is 92.5 Å². The molecule has 0 saturated heterocycles. The molecule has 0 unspecified atom stereocenters. The average molecular weight is 353 g/mol. The number of H-pyrrole nitrogens is 1. The summed E-state index contributed by atoms with van der Waals surface area (Å²) < 4.78 is 13.9. The number of benzene rings is 2. The van der Waals surface area contributed by atoms with E-state index >= 15 is 0 Å². The summed E-state index contributed by atoms with van der Waals surface area (Å²) in [5.74, 6) is -1.13. The highest BCUT2D eigenvalue weighted by molar-refractivity contribution is 6.04. The lowest BCUT2D eigenvalue weighted by molar-refractivity contribution is 0.102. The van der Waals surface area contributed by atoms with Gasteiger partial charge in [0.2, 0.25) is 0 Å². The second kappa shape index (κ2) is 7.18. The number of carbonyl (C=O) groups is 1. The summed E-state index contributed by atoms with van der Waals surface area (Å²) in [7, 11) is 0. The van der Waals surface area contributed by atoms with Crippen molar-refractivity contribution >= 4 is 11.6 Å². The van der Waals surface area contributed by atoms with Crippen LogP contribution in [0.5, 0.6) is 0 Å². The van der Waals surface area contributed by atoms with Crippen LogP contribution in [-0.2, 0) is 6.42 Å². The Labute approximate surface area is 147 Å². The Bertz CT molecular complexity index is 1070. The highest BCUT2D eigenvalue weighted by atomic mass is 19.1. The molecule has 2 aromatic carbocycles. The number of halogens is 1. The van der Waals surface area contributed by atoms with Crippen molar-refractivity contribution in [3.8, 4) is 5.69 Å². The maximum atomic E-state index is 13.1. The van der Waals surface area contributed by atoms with Crippen molar-refractivity contribution in [1.82, 2.24) is 9.55 Å². The Kier molecular flexibility index (Phi) is 4.79. The first-order valence-electron chi connectivity index (χ1n) is 8.01. The summed E-state index contributed by atoms with van der Waals surface area (Å²) in [6.45, 7) is 1.95. The fraction of sp³-hybridized carbons (Fsp3) is 0.105. The molecular formula is C19H16FN3O3. The minimum Gasteiger partial charge on any atom is -0.322 e. The highest BCUT2D eigenvalue weighted by Gasteiger charge is 2.16. The van der Waals surface area contributed by atoms with Crippen LogP contribution in [0.25, 0.3) is 5.69 Å². The smallest absolute Gasteiger partial charge is 0.322 e. The summed E-state index contributed by atoms with van der Waals surface area (Å²) in [4.78, 5) is 39.6. The number of carbonyl (C=O) groups excluding carboxylic acids is 1. The molecule has 6 nitrogen and oxygen atoms in total. The van der Waals surface area contributed by atoms with Gasteiger partial charge in [-0.05, 0) is 42.3 Å². The second-order valence-corrected chi connectivity index (χ2v) is 5.59. The number of aryl methyl sites for hydroxylation is 1. The van der Waals surface area contributed by atoms with Gasteiger partial charge in [-0.25, -0.2) is 13.8 Å². The maximum absolute atomic E-state index is 13.1. The number of rotatable bonds is 4. The zero-order valence-electron chi connectivity index (χ0n) is 14.0. The summed E-state index contributed by atoms with van der Waals surface area (Å²) in [6.07, 6.45) is 1.79. The number of nitrogens with one attached hydrogen (secondary N) is 2. The number of hydrogen-bond donors (Lipinski definition) is 2. The third-order valence-electron chi connectivity index (χ3n) is 3.95. The number of anilines is 1. The van der Waals surface area contributed by atoms with Crippen molar-refractivity contribution in [2.24, 2.45) is 0 Å². The van der Waals surface area contributed by atoms with Crippen LogP contribution in [0.3, 0.4) is 0 Å². The molecule has 1 aromatic heterocycles. The molecule has 0 saturated carbocycles. The largest absolute Gasteiger partial charge is 0.333 e. The predicted octanol–water partition coefficient (Wildman–Crippen LogP) is 2.48. The van der Waals surface area contributed by atoms with Crippen LogP contribution < -0.4 is 16.6 Å². The Morgan fingerprint density at radius 3 is 2.50 bits per heavy atom. The summed E-state index contributed by atoms with van der Waals surface area (Å²) >= 11 is 0. The standard InChI is InChI=1S/C19H16FN3O3/c1-2-12-5-3-4-6-16(12)22-17(24)15-11-21-19(26)23(18(15)25)14-9-7-13(20)8-10-14/h3-11H,2H2,1H3,(H,21,26)(H,22,24). The lowest BCUT2D eigenvalue weighted by Crippen LogP contribution is -2.38. The van der Waals surface area contributed by atoms with E-state index in [4.69, 9.17) is 0 Å². The molecular weight excluding hydrogens is 337 g/mol. The fourth-order valence-electron chi connectivity index (χ4n) is 2.60. The average Bonchev–Trinajstić information content (AvgIpc) is 2.63.